The van der Waals surface area contributed by atoms with Gasteiger partial charge in [0, 0.05) is 25.0 Å². The first kappa shape index (κ1) is 17.5. The van der Waals surface area contributed by atoms with Gasteiger partial charge < -0.3 is 15.7 Å². The lowest BCUT2D eigenvalue weighted by Crippen LogP contribution is -2.35. The van der Waals surface area contributed by atoms with Gasteiger partial charge >= 0.3 is 12.0 Å². The quantitative estimate of drug-likeness (QED) is 0.682. The number of carboxylic acid groups (broad SMARTS) is 1. The van der Waals surface area contributed by atoms with E-state index < -0.39 is 5.97 Å². The Balaban J connectivity index is 1.66. The van der Waals surface area contributed by atoms with Crippen LogP contribution in [0.15, 0.2) is 42.6 Å². The number of pyridine rings is 1. The smallest absolute Gasteiger partial charge is 0.335 e. The first-order chi connectivity index (χ1) is 11.6. The minimum Gasteiger partial charge on any atom is -0.478 e. The van der Waals surface area contributed by atoms with Gasteiger partial charge in [-0.15, -0.1) is 0 Å². The molecule has 0 fully saturated rings. The number of carbonyl (C=O) groups is 2. The number of amides is 2. The van der Waals surface area contributed by atoms with Gasteiger partial charge in [0.2, 0.25) is 0 Å². The summed E-state index contributed by atoms with van der Waals surface area (Å²) >= 11 is 0. The summed E-state index contributed by atoms with van der Waals surface area (Å²) < 4.78 is 0. The molecule has 0 radical (unpaired) electrons. The Labute approximate surface area is 140 Å². The molecule has 0 aliphatic heterocycles. The van der Waals surface area contributed by atoms with Crippen LogP contribution in [0, 0.1) is 6.92 Å². The minimum absolute atomic E-state index is 0.230. The van der Waals surface area contributed by atoms with E-state index in [4.69, 9.17) is 5.11 Å². The fourth-order valence-corrected chi connectivity index (χ4v) is 2.25. The van der Waals surface area contributed by atoms with Gasteiger partial charge in [-0.25, -0.2) is 9.59 Å². The predicted octanol–water partition coefficient (Wildman–Crippen LogP) is 2.52. The summed E-state index contributed by atoms with van der Waals surface area (Å²) in [5, 5.41) is 14.4. The molecule has 1 heterocycles. The van der Waals surface area contributed by atoms with Crippen molar-refractivity contribution in [2.75, 3.05) is 6.54 Å². The maximum atomic E-state index is 11.7. The second-order valence-corrected chi connectivity index (χ2v) is 5.48. The maximum absolute atomic E-state index is 11.7. The second kappa shape index (κ2) is 8.67. The van der Waals surface area contributed by atoms with E-state index in [1.165, 1.54) is 12.1 Å². The van der Waals surface area contributed by atoms with Crippen LogP contribution in [-0.4, -0.2) is 28.6 Å². The lowest BCUT2D eigenvalue weighted by molar-refractivity contribution is 0.0697. The number of benzene rings is 1. The molecule has 0 atom stereocenters. The van der Waals surface area contributed by atoms with Crippen molar-refractivity contribution in [1.29, 1.82) is 0 Å². The third-order valence-electron chi connectivity index (χ3n) is 3.65. The highest BCUT2D eigenvalue weighted by Gasteiger charge is 2.04. The van der Waals surface area contributed by atoms with E-state index in [-0.39, 0.29) is 11.6 Å². The van der Waals surface area contributed by atoms with Crippen LogP contribution in [0.1, 0.15) is 33.6 Å². The number of hydrogen-bond acceptors (Lipinski definition) is 3. The molecule has 0 aliphatic carbocycles. The Morgan fingerprint density at radius 2 is 1.88 bits per heavy atom. The lowest BCUT2D eigenvalue weighted by Gasteiger charge is -2.08. The monoisotopic (exact) mass is 327 g/mol. The summed E-state index contributed by atoms with van der Waals surface area (Å²) in [4.78, 5) is 26.8. The highest BCUT2D eigenvalue weighted by atomic mass is 16.4. The van der Waals surface area contributed by atoms with E-state index in [0.717, 1.165) is 29.7 Å². The van der Waals surface area contributed by atoms with Crippen molar-refractivity contribution in [3.05, 3.63) is 65.0 Å². The molecule has 0 saturated carbocycles. The number of rotatable bonds is 7. The molecule has 1 aromatic carbocycles. The fourth-order valence-electron chi connectivity index (χ4n) is 2.25. The standard InChI is InChI=1S/C18H21N3O3/c1-13-4-2-10-19-16(13)5-3-11-20-18(24)21-12-14-6-8-15(9-7-14)17(22)23/h2,4,6-10H,3,5,11-12H2,1H3,(H,22,23)(H2,20,21,24). The van der Waals surface area contributed by atoms with Gasteiger partial charge in [0.25, 0.3) is 0 Å². The zero-order valence-corrected chi connectivity index (χ0v) is 13.6. The Kier molecular flexibility index (Phi) is 6.31. The predicted molar refractivity (Wildman–Crippen MR) is 90.9 cm³/mol. The SMILES string of the molecule is Cc1cccnc1CCCNC(=O)NCc1ccc(C(=O)O)cc1. The van der Waals surface area contributed by atoms with Gasteiger partial charge in [-0.1, -0.05) is 18.2 Å². The van der Waals surface area contributed by atoms with Gasteiger partial charge in [0.1, 0.15) is 0 Å². The largest absolute Gasteiger partial charge is 0.478 e. The molecule has 2 rings (SSSR count). The average molecular weight is 327 g/mol. The molecular formula is C18H21N3O3. The number of nitrogens with zero attached hydrogens (tertiary/aromatic N) is 1. The molecule has 0 bridgehead atoms. The Hall–Kier alpha value is -2.89. The van der Waals surface area contributed by atoms with Crippen LogP contribution in [0.25, 0.3) is 0 Å². The number of hydrogen-bond donors (Lipinski definition) is 3. The highest BCUT2D eigenvalue weighted by Crippen LogP contribution is 2.06. The van der Waals surface area contributed by atoms with Gasteiger partial charge in [0.05, 0.1) is 5.56 Å². The van der Waals surface area contributed by atoms with Crippen molar-refractivity contribution in [1.82, 2.24) is 15.6 Å². The molecule has 0 unspecified atom stereocenters. The van der Waals surface area contributed by atoms with Crippen molar-refractivity contribution in [2.24, 2.45) is 0 Å². The van der Waals surface area contributed by atoms with Crippen LogP contribution in [0.5, 0.6) is 0 Å². The summed E-state index contributed by atoms with van der Waals surface area (Å²) in [5.41, 5.74) is 3.29. The number of carboxylic acids is 1. The number of urea groups is 1. The molecule has 0 saturated heterocycles. The number of carbonyl (C=O) groups excluding carboxylic acids is 1. The molecule has 0 aliphatic rings. The molecule has 2 aromatic rings. The first-order valence-electron chi connectivity index (χ1n) is 7.80. The molecule has 2 amide bonds. The Bertz CT molecular complexity index is 699. The van der Waals surface area contributed by atoms with Crippen molar-refractivity contribution < 1.29 is 14.7 Å². The molecule has 24 heavy (non-hydrogen) atoms. The zero-order chi connectivity index (χ0) is 17.4. The zero-order valence-electron chi connectivity index (χ0n) is 13.6. The van der Waals surface area contributed by atoms with E-state index in [0.29, 0.717) is 13.1 Å². The number of aryl methyl sites for hydroxylation is 2. The Morgan fingerprint density at radius 1 is 1.12 bits per heavy atom. The van der Waals surface area contributed by atoms with Crippen LogP contribution in [0.3, 0.4) is 0 Å². The van der Waals surface area contributed by atoms with Crippen molar-refractivity contribution in [2.45, 2.75) is 26.3 Å². The van der Waals surface area contributed by atoms with Crippen LogP contribution in [-0.2, 0) is 13.0 Å². The van der Waals surface area contributed by atoms with Gasteiger partial charge in [0.15, 0.2) is 0 Å². The number of aromatic nitrogens is 1. The fraction of sp³-hybridized carbons (Fsp3) is 0.278. The maximum Gasteiger partial charge on any atom is 0.335 e. The first-order valence-corrected chi connectivity index (χ1v) is 7.80. The minimum atomic E-state index is -0.963. The third-order valence-corrected chi connectivity index (χ3v) is 3.65. The summed E-state index contributed by atoms with van der Waals surface area (Å²) in [6.07, 6.45) is 3.42. The van der Waals surface area contributed by atoms with E-state index in [9.17, 15) is 9.59 Å². The number of aromatic carboxylic acids is 1. The third kappa shape index (κ3) is 5.39. The van der Waals surface area contributed by atoms with E-state index >= 15 is 0 Å². The summed E-state index contributed by atoms with van der Waals surface area (Å²) in [7, 11) is 0. The van der Waals surface area contributed by atoms with E-state index in [1.807, 2.05) is 19.1 Å². The Morgan fingerprint density at radius 3 is 2.54 bits per heavy atom. The molecule has 0 spiro atoms. The average Bonchev–Trinajstić information content (AvgIpc) is 2.58. The van der Waals surface area contributed by atoms with Crippen molar-refractivity contribution in [3.8, 4) is 0 Å². The second-order valence-electron chi connectivity index (χ2n) is 5.48. The molecule has 1 aromatic heterocycles. The van der Waals surface area contributed by atoms with E-state index in [1.54, 1.807) is 18.3 Å². The molecular weight excluding hydrogens is 306 g/mol. The van der Waals surface area contributed by atoms with Crippen LogP contribution >= 0.6 is 0 Å². The van der Waals surface area contributed by atoms with Gasteiger partial charge in [-0.3, -0.25) is 4.98 Å². The normalized spacial score (nSPS) is 10.2. The van der Waals surface area contributed by atoms with Crippen LogP contribution in [0.4, 0.5) is 4.79 Å². The number of nitrogens with one attached hydrogen (secondary N) is 2. The van der Waals surface area contributed by atoms with Crippen LogP contribution in [0.2, 0.25) is 0 Å². The molecule has 3 N–H and O–H groups in total. The van der Waals surface area contributed by atoms with Crippen molar-refractivity contribution in [3.63, 3.8) is 0 Å². The van der Waals surface area contributed by atoms with Crippen molar-refractivity contribution >= 4 is 12.0 Å². The lowest BCUT2D eigenvalue weighted by atomic mass is 10.1. The topological polar surface area (TPSA) is 91.3 Å². The van der Waals surface area contributed by atoms with E-state index in [2.05, 4.69) is 15.6 Å². The van der Waals surface area contributed by atoms with Gasteiger partial charge in [-0.05, 0) is 49.1 Å². The molecule has 6 nitrogen and oxygen atoms in total. The molecule has 126 valence electrons. The van der Waals surface area contributed by atoms with Gasteiger partial charge in [-0.2, -0.15) is 0 Å². The summed E-state index contributed by atoms with van der Waals surface area (Å²) in [6, 6.07) is 10.1. The van der Waals surface area contributed by atoms with Crippen LogP contribution < -0.4 is 10.6 Å². The summed E-state index contributed by atoms with van der Waals surface area (Å²) in [6.45, 7) is 2.95. The molecule has 6 heteroatoms. The summed E-state index contributed by atoms with van der Waals surface area (Å²) in [5.74, 6) is -0.963. The highest BCUT2D eigenvalue weighted by molar-refractivity contribution is 5.87.